The number of aliphatic hydroxyl groups is 2. The molecule has 0 bridgehead atoms. The van der Waals surface area contributed by atoms with Gasteiger partial charge in [0.15, 0.2) is 0 Å². The van der Waals surface area contributed by atoms with Gasteiger partial charge >= 0.3 is 5.97 Å². The third-order valence-electron chi connectivity index (χ3n) is 7.19. The standard InChI is InChI=1S/C31H37FN2O4/c1-31(2,3)22-9-7-20(8-10-22)17-21-5-4-6-27-28(16-15-25(35)18-26(36)19-29(37)38)34(33-30(21)27)24-13-11-23(32)12-14-24/h7-16,21,25-26,35-36H,4-6,17-19H2,1-3H3,(H,37,38)/b16-15+/t21?,25-,26-/m1/s1. The lowest BCUT2D eigenvalue weighted by Gasteiger charge is -2.23. The Morgan fingerprint density at radius 2 is 1.82 bits per heavy atom. The Balaban J connectivity index is 1.65. The first-order valence-corrected chi connectivity index (χ1v) is 13.2. The summed E-state index contributed by atoms with van der Waals surface area (Å²) < 4.78 is 15.5. The molecule has 1 heterocycles. The van der Waals surface area contributed by atoms with Gasteiger partial charge < -0.3 is 15.3 Å². The average molecular weight is 521 g/mol. The van der Waals surface area contributed by atoms with E-state index in [1.165, 1.54) is 23.3 Å². The summed E-state index contributed by atoms with van der Waals surface area (Å²) in [5, 5.41) is 34.2. The predicted octanol–water partition coefficient (Wildman–Crippen LogP) is 5.57. The van der Waals surface area contributed by atoms with Gasteiger partial charge in [0.2, 0.25) is 0 Å². The van der Waals surface area contributed by atoms with Crippen molar-refractivity contribution in [2.75, 3.05) is 0 Å². The summed E-state index contributed by atoms with van der Waals surface area (Å²) in [6.07, 6.45) is 4.42. The van der Waals surface area contributed by atoms with Crippen LogP contribution >= 0.6 is 0 Å². The quantitative estimate of drug-likeness (QED) is 0.343. The molecule has 2 aromatic carbocycles. The van der Waals surface area contributed by atoms with Gasteiger partial charge in [0.1, 0.15) is 5.82 Å². The molecule has 0 spiro atoms. The third-order valence-corrected chi connectivity index (χ3v) is 7.19. The second-order valence-electron chi connectivity index (χ2n) is 11.3. The lowest BCUT2D eigenvalue weighted by molar-refractivity contribution is -0.139. The van der Waals surface area contributed by atoms with Crippen molar-refractivity contribution in [3.8, 4) is 5.69 Å². The lowest BCUT2D eigenvalue weighted by Crippen LogP contribution is -2.19. The molecule has 6 nitrogen and oxygen atoms in total. The topological polar surface area (TPSA) is 95.6 Å². The number of aliphatic carboxylic acids is 1. The van der Waals surface area contributed by atoms with Gasteiger partial charge in [-0.2, -0.15) is 5.10 Å². The largest absolute Gasteiger partial charge is 0.481 e. The Bertz CT molecular complexity index is 1270. The summed E-state index contributed by atoms with van der Waals surface area (Å²) in [5.74, 6) is -1.21. The SMILES string of the molecule is CC(C)(C)c1ccc(CC2CCCc3c2nn(-c2ccc(F)cc2)c3/C=C/[C@@H](O)C[C@@H](O)CC(=O)O)cc1. The van der Waals surface area contributed by atoms with Crippen LogP contribution in [0.4, 0.5) is 4.39 Å². The Morgan fingerprint density at radius 1 is 1.13 bits per heavy atom. The van der Waals surface area contributed by atoms with Crippen molar-refractivity contribution in [2.45, 2.75) is 82.8 Å². The number of carboxylic acids is 1. The minimum Gasteiger partial charge on any atom is -0.481 e. The van der Waals surface area contributed by atoms with E-state index in [9.17, 15) is 19.4 Å². The molecule has 0 saturated heterocycles. The number of nitrogens with zero attached hydrogens (tertiary/aromatic N) is 2. The molecule has 0 fully saturated rings. The van der Waals surface area contributed by atoms with Gasteiger partial charge in [-0.1, -0.05) is 51.1 Å². The Labute approximate surface area is 223 Å². The molecule has 1 aromatic heterocycles. The molecule has 3 atom stereocenters. The summed E-state index contributed by atoms with van der Waals surface area (Å²) in [6, 6.07) is 15.0. The number of rotatable bonds is 9. The highest BCUT2D eigenvalue weighted by atomic mass is 19.1. The van der Waals surface area contributed by atoms with Gasteiger partial charge in [0, 0.05) is 17.9 Å². The Hall–Kier alpha value is -3.29. The molecule has 0 saturated carbocycles. The molecule has 1 unspecified atom stereocenters. The second-order valence-corrected chi connectivity index (χ2v) is 11.3. The number of aliphatic hydroxyl groups excluding tert-OH is 2. The number of carboxylic acid groups (broad SMARTS) is 1. The minimum absolute atomic E-state index is 0.0805. The normalized spacial score (nSPS) is 17.4. The molecule has 0 aliphatic heterocycles. The molecule has 1 aliphatic rings. The van der Waals surface area contributed by atoms with Crippen molar-refractivity contribution in [1.82, 2.24) is 9.78 Å². The molecule has 1 aliphatic carbocycles. The van der Waals surface area contributed by atoms with Crippen LogP contribution < -0.4 is 0 Å². The van der Waals surface area contributed by atoms with Crippen LogP contribution in [0.5, 0.6) is 0 Å². The maximum atomic E-state index is 13.7. The number of aromatic nitrogens is 2. The van der Waals surface area contributed by atoms with Gasteiger partial charge in [0.05, 0.1) is 35.7 Å². The maximum Gasteiger partial charge on any atom is 0.305 e. The van der Waals surface area contributed by atoms with E-state index < -0.39 is 24.6 Å². The van der Waals surface area contributed by atoms with Gasteiger partial charge in [-0.05, 0) is 72.6 Å². The first-order valence-electron chi connectivity index (χ1n) is 13.2. The van der Waals surface area contributed by atoms with Crippen molar-refractivity contribution >= 4 is 12.0 Å². The second kappa shape index (κ2) is 11.6. The fraction of sp³-hybridized carbons (Fsp3) is 0.419. The van der Waals surface area contributed by atoms with Crippen LogP contribution in [0.2, 0.25) is 0 Å². The molecular formula is C31H37FN2O4. The van der Waals surface area contributed by atoms with Crippen LogP contribution in [-0.4, -0.2) is 43.3 Å². The van der Waals surface area contributed by atoms with Crippen molar-refractivity contribution in [3.63, 3.8) is 0 Å². The lowest BCUT2D eigenvalue weighted by atomic mass is 9.82. The van der Waals surface area contributed by atoms with E-state index in [1.807, 2.05) is 0 Å². The fourth-order valence-corrected chi connectivity index (χ4v) is 5.15. The molecule has 0 amide bonds. The fourth-order valence-electron chi connectivity index (χ4n) is 5.15. The summed E-state index contributed by atoms with van der Waals surface area (Å²) in [6.45, 7) is 6.61. The zero-order valence-electron chi connectivity index (χ0n) is 22.3. The van der Waals surface area contributed by atoms with E-state index in [4.69, 9.17) is 10.2 Å². The summed E-state index contributed by atoms with van der Waals surface area (Å²) >= 11 is 0. The van der Waals surface area contributed by atoms with Gasteiger partial charge in [-0.25, -0.2) is 9.07 Å². The Kier molecular flexibility index (Phi) is 8.48. The highest BCUT2D eigenvalue weighted by molar-refractivity contribution is 5.67. The van der Waals surface area contributed by atoms with Crippen molar-refractivity contribution in [1.29, 1.82) is 0 Å². The van der Waals surface area contributed by atoms with Crippen LogP contribution in [0.3, 0.4) is 0 Å². The van der Waals surface area contributed by atoms with E-state index in [2.05, 4.69) is 45.0 Å². The number of benzene rings is 2. The van der Waals surface area contributed by atoms with Crippen LogP contribution in [0.1, 0.15) is 80.5 Å². The van der Waals surface area contributed by atoms with Crippen LogP contribution in [0.25, 0.3) is 11.8 Å². The number of carbonyl (C=O) groups is 1. The van der Waals surface area contributed by atoms with Gasteiger partial charge in [-0.15, -0.1) is 0 Å². The Morgan fingerprint density at radius 3 is 2.45 bits per heavy atom. The highest BCUT2D eigenvalue weighted by Gasteiger charge is 2.28. The van der Waals surface area contributed by atoms with E-state index >= 15 is 0 Å². The molecule has 3 N–H and O–H groups in total. The van der Waals surface area contributed by atoms with Gasteiger partial charge in [-0.3, -0.25) is 4.79 Å². The molecule has 3 aromatic rings. The molecule has 202 valence electrons. The van der Waals surface area contributed by atoms with E-state index in [0.29, 0.717) is 5.69 Å². The molecular weight excluding hydrogens is 483 g/mol. The predicted molar refractivity (Wildman–Crippen MR) is 146 cm³/mol. The summed E-state index contributed by atoms with van der Waals surface area (Å²) in [7, 11) is 0. The molecule has 38 heavy (non-hydrogen) atoms. The highest BCUT2D eigenvalue weighted by Crippen LogP contribution is 2.37. The average Bonchev–Trinajstić information content (AvgIpc) is 3.22. The van der Waals surface area contributed by atoms with E-state index in [1.54, 1.807) is 29.0 Å². The van der Waals surface area contributed by atoms with Crippen LogP contribution in [0.15, 0.2) is 54.6 Å². The number of hydrogen-bond donors (Lipinski definition) is 3. The van der Waals surface area contributed by atoms with E-state index in [0.717, 1.165) is 42.6 Å². The van der Waals surface area contributed by atoms with Gasteiger partial charge in [0.25, 0.3) is 0 Å². The maximum absolute atomic E-state index is 13.7. The summed E-state index contributed by atoms with van der Waals surface area (Å²) in [4.78, 5) is 10.8. The zero-order chi connectivity index (χ0) is 27.4. The molecule has 0 radical (unpaired) electrons. The number of halogens is 1. The van der Waals surface area contributed by atoms with Crippen LogP contribution in [-0.2, 0) is 23.1 Å². The third kappa shape index (κ3) is 6.77. The van der Waals surface area contributed by atoms with Crippen molar-refractivity contribution < 1.29 is 24.5 Å². The van der Waals surface area contributed by atoms with Crippen molar-refractivity contribution in [2.24, 2.45) is 0 Å². The first-order chi connectivity index (χ1) is 18.0. The van der Waals surface area contributed by atoms with E-state index in [-0.39, 0.29) is 23.6 Å². The molecule has 7 heteroatoms. The van der Waals surface area contributed by atoms with Crippen molar-refractivity contribution in [3.05, 3.63) is 88.5 Å². The minimum atomic E-state index is -1.14. The van der Waals surface area contributed by atoms with Crippen LogP contribution in [0, 0.1) is 5.82 Å². The smallest absolute Gasteiger partial charge is 0.305 e. The first kappa shape index (κ1) is 27.7. The number of hydrogen-bond acceptors (Lipinski definition) is 4. The number of fused-ring (bicyclic) bond motifs is 1. The monoisotopic (exact) mass is 520 g/mol. The molecule has 4 rings (SSSR count). The summed E-state index contributed by atoms with van der Waals surface area (Å²) in [5.41, 5.74) is 6.30. The zero-order valence-corrected chi connectivity index (χ0v) is 22.3.